The molecule has 5 heteroatoms. The van der Waals surface area contributed by atoms with Gasteiger partial charge in [-0.3, -0.25) is 4.79 Å². The van der Waals surface area contributed by atoms with Crippen LogP contribution >= 0.6 is 15.9 Å². The molecule has 1 aliphatic heterocycles. The molecule has 4 nitrogen and oxygen atoms in total. The first-order chi connectivity index (χ1) is 8.11. The molecule has 0 aromatic carbocycles. The fraction of sp³-hybridized carbons (Fsp3) is 0.583. The fourth-order valence-electron chi connectivity index (χ4n) is 2.19. The molecule has 0 saturated carbocycles. The van der Waals surface area contributed by atoms with Crippen LogP contribution in [0.25, 0.3) is 0 Å². The lowest BCUT2D eigenvalue weighted by Gasteiger charge is -2.32. The van der Waals surface area contributed by atoms with E-state index in [1.807, 2.05) is 28.7 Å². The molecule has 1 fully saturated rings. The van der Waals surface area contributed by atoms with Gasteiger partial charge in [0.2, 0.25) is 0 Å². The summed E-state index contributed by atoms with van der Waals surface area (Å²) in [7, 11) is 0. The van der Waals surface area contributed by atoms with E-state index in [1.165, 1.54) is 0 Å². The van der Waals surface area contributed by atoms with Gasteiger partial charge in [-0.2, -0.15) is 0 Å². The monoisotopic (exact) mass is 299 g/mol. The van der Waals surface area contributed by atoms with E-state index in [0.29, 0.717) is 6.04 Å². The summed E-state index contributed by atoms with van der Waals surface area (Å²) in [6, 6.07) is 2.28. The smallest absolute Gasteiger partial charge is 0.270 e. The minimum absolute atomic E-state index is 0.130. The Morgan fingerprint density at radius 1 is 1.65 bits per heavy atom. The molecule has 0 radical (unpaired) electrons. The molecule has 1 saturated heterocycles. The number of nitrogens with zero attached hydrogens (tertiary/aromatic N) is 2. The van der Waals surface area contributed by atoms with E-state index in [2.05, 4.69) is 28.2 Å². The Morgan fingerprint density at radius 3 is 3.06 bits per heavy atom. The lowest BCUT2D eigenvalue weighted by Crippen LogP contribution is -2.51. The summed E-state index contributed by atoms with van der Waals surface area (Å²) >= 11 is 3.42. The third-order valence-electron chi connectivity index (χ3n) is 3.08. The van der Waals surface area contributed by atoms with Crippen molar-refractivity contribution >= 4 is 21.8 Å². The summed E-state index contributed by atoms with van der Waals surface area (Å²) in [4.78, 5) is 14.3. The van der Waals surface area contributed by atoms with Crippen molar-refractivity contribution in [3.8, 4) is 0 Å². The Bertz CT molecular complexity index is 416. The van der Waals surface area contributed by atoms with E-state index in [-0.39, 0.29) is 5.91 Å². The number of halogens is 1. The first kappa shape index (κ1) is 12.6. The van der Waals surface area contributed by atoms with Gasteiger partial charge in [-0.25, -0.2) is 0 Å². The molecule has 1 aromatic heterocycles. The molecule has 94 valence electrons. The molecule has 2 rings (SSSR count). The minimum Gasteiger partial charge on any atom is -0.343 e. The van der Waals surface area contributed by atoms with E-state index >= 15 is 0 Å². The van der Waals surface area contributed by atoms with Gasteiger partial charge in [0.25, 0.3) is 5.91 Å². The van der Waals surface area contributed by atoms with E-state index in [4.69, 9.17) is 0 Å². The van der Waals surface area contributed by atoms with Gasteiger partial charge in [0.05, 0.1) is 0 Å². The molecule has 1 amide bonds. The maximum Gasteiger partial charge on any atom is 0.270 e. The SMILES string of the molecule is CCn1cc(Br)cc1C(=O)N1CCNC(C)C1. The van der Waals surface area contributed by atoms with Crippen molar-refractivity contribution in [3.63, 3.8) is 0 Å². The largest absolute Gasteiger partial charge is 0.343 e. The lowest BCUT2D eigenvalue weighted by atomic mass is 10.2. The van der Waals surface area contributed by atoms with Crippen LogP contribution in [0.5, 0.6) is 0 Å². The van der Waals surface area contributed by atoms with Crippen LogP contribution in [0.4, 0.5) is 0 Å². The van der Waals surface area contributed by atoms with E-state index in [0.717, 1.165) is 36.3 Å². The minimum atomic E-state index is 0.130. The predicted molar refractivity (Wildman–Crippen MR) is 71.2 cm³/mol. The highest BCUT2D eigenvalue weighted by Gasteiger charge is 2.23. The Hall–Kier alpha value is -0.810. The van der Waals surface area contributed by atoms with Gasteiger partial charge in [-0.1, -0.05) is 0 Å². The molecule has 0 spiro atoms. The molecule has 1 aromatic rings. The number of carbonyl (C=O) groups excluding carboxylic acids is 1. The van der Waals surface area contributed by atoms with E-state index in [1.54, 1.807) is 0 Å². The Morgan fingerprint density at radius 2 is 2.41 bits per heavy atom. The van der Waals surface area contributed by atoms with E-state index in [9.17, 15) is 4.79 Å². The molecule has 1 atom stereocenters. The molecule has 1 N–H and O–H groups in total. The maximum absolute atomic E-state index is 12.4. The summed E-state index contributed by atoms with van der Waals surface area (Å²) in [6.07, 6.45) is 1.96. The Labute approximate surface area is 110 Å². The quantitative estimate of drug-likeness (QED) is 0.903. The van der Waals surface area contributed by atoms with Gasteiger partial charge in [0.15, 0.2) is 0 Å². The van der Waals surface area contributed by atoms with Gasteiger partial charge >= 0.3 is 0 Å². The van der Waals surface area contributed by atoms with Crippen LogP contribution in [-0.4, -0.2) is 41.1 Å². The summed E-state index contributed by atoms with van der Waals surface area (Å²) in [6.45, 7) is 7.41. The number of rotatable bonds is 2. The van der Waals surface area contributed by atoms with Crippen LogP contribution in [-0.2, 0) is 6.54 Å². The van der Waals surface area contributed by atoms with Crippen LogP contribution in [0.1, 0.15) is 24.3 Å². The highest BCUT2D eigenvalue weighted by Crippen LogP contribution is 2.17. The van der Waals surface area contributed by atoms with Crippen molar-refractivity contribution in [1.82, 2.24) is 14.8 Å². The second-order valence-corrected chi connectivity index (χ2v) is 5.35. The average Bonchev–Trinajstić information content (AvgIpc) is 2.69. The van der Waals surface area contributed by atoms with Crippen LogP contribution in [0.2, 0.25) is 0 Å². The second kappa shape index (κ2) is 5.23. The van der Waals surface area contributed by atoms with Crippen LogP contribution in [0.3, 0.4) is 0 Å². The third kappa shape index (κ3) is 2.72. The number of amides is 1. The van der Waals surface area contributed by atoms with Crippen molar-refractivity contribution in [3.05, 3.63) is 22.4 Å². The Balaban J connectivity index is 2.18. The number of hydrogen-bond donors (Lipinski definition) is 1. The van der Waals surface area contributed by atoms with Crippen molar-refractivity contribution < 1.29 is 4.79 Å². The lowest BCUT2D eigenvalue weighted by molar-refractivity contribution is 0.0698. The summed E-state index contributed by atoms with van der Waals surface area (Å²) in [5.74, 6) is 0.130. The zero-order chi connectivity index (χ0) is 12.4. The number of piperazine rings is 1. The number of carbonyl (C=O) groups is 1. The Kier molecular flexibility index (Phi) is 3.89. The van der Waals surface area contributed by atoms with Crippen LogP contribution < -0.4 is 5.32 Å². The van der Waals surface area contributed by atoms with E-state index < -0.39 is 0 Å². The van der Waals surface area contributed by atoms with Gasteiger partial charge in [0.1, 0.15) is 5.69 Å². The van der Waals surface area contributed by atoms with Crippen molar-refractivity contribution in [1.29, 1.82) is 0 Å². The molecule has 0 aliphatic carbocycles. The molecular weight excluding hydrogens is 282 g/mol. The highest BCUT2D eigenvalue weighted by atomic mass is 79.9. The first-order valence-corrected chi connectivity index (χ1v) is 6.79. The topological polar surface area (TPSA) is 37.3 Å². The summed E-state index contributed by atoms with van der Waals surface area (Å²) in [5.41, 5.74) is 0.772. The molecule has 0 bridgehead atoms. The van der Waals surface area contributed by atoms with Gasteiger partial charge in [-0.15, -0.1) is 0 Å². The van der Waals surface area contributed by atoms with Gasteiger partial charge in [-0.05, 0) is 35.8 Å². The number of hydrogen-bond acceptors (Lipinski definition) is 2. The predicted octanol–water partition coefficient (Wildman–Crippen LogP) is 1.70. The number of nitrogens with one attached hydrogen (secondary N) is 1. The molecule has 17 heavy (non-hydrogen) atoms. The molecule has 1 aliphatic rings. The van der Waals surface area contributed by atoms with Crippen LogP contribution in [0.15, 0.2) is 16.7 Å². The summed E-state index contributed by atoms with van der Waals surface area (Å²) < 4.78 is 2.95. The maximum atomic E-state index is 12.4. The van der Waals surface area contributed by atoms with Gasteiger partial charge in [0, 0.05) is 42.9 Å². The average molecular weight is 300 g/mol. The van der Waals surface area contributed by atoms with Gasteiger partial charge < -0.3 is 14.8 Å². The fourth-order valence-corrected chi connectivity index (χ4v) is 2.66. The standard InChI is InChI=1S/C12H18BrN3O/c1-3-15-8-10(13)6-11(15)12(17)16-5-4-14-9(2)7-16/h6,8-9,14H,3-5,7H2,1-2H3. The normalized spacial score (nSPS) is 20.6. The van der Waals surface area contributed by atoms with Crippen molar-refractivity contribution in [2.45, 2.75) is 26.4 Å². The highest BCUT2D eigenvalue weighted by molar-refractivity contribution is 9.10. The van der Waals surface area contributed by atoms with Crippen LogP contribution in [0, 0.1) is 0 Å². The molecule has 2 heterocycles. The summed E-state index contributed by atoms with van der Waals surface area (Å²) in [5, 5.41) is 3.34. The second-order valence-electron chi connectivity index (χ2n) is 4.44. The number of aryl methyl sites for hydroxylation is 1. The molecular formula is C12H18BrN3O. The first-order valence-electron chi connectivity index (χ1n) is 6.00. The number of aromatic nitrogens is 1. The zero-order valence-corrected chi connectivity index (χ0v) is 11.8. The van der Waals surface area contributed by atoms with Crippen molar-refractivity contribution in [2.24, 2.45) is 0 Å². The zero-order valence-electron chi connectivity index (χ0n) is 10.2. The molecule has 1 unspecified atom stereocenters. The third-order valence-corrected chi connectivity index (χ3v) is 3.51. The van der Waals surface area contributed by atoms with Crippen molar-refractivity contribution in [2.75, 3.05) is 19.6 Å².